The van der Waals surface area contributed by atoms with Gasteiger partial charge in [0, 0.05) is 23.0 Å². The largest absolute Gasteiger partial charge is 0.392 e. The highest BCUT2D eigenvalue weighted by molar-refractivity contribution is 5.23. The van der Waals surface area contributed by atoms with E-state index >= 15 is 0 Å². The van der Waals surface area contributed by atoms with Crippen molar-refractivity contribution in [1.82, 2.24) is 0 Å². The molecule has 1 aliphatic heterocycles. The Labute approximate surface area is 132 Å². The fraction of sp³-hybridized carbons (Fsp3) is 0.400. The minimum absolute atomic E-state index is 0.172. The topological polar surface area (TPSA) is 36.8 Å². The molecule has 2 aromatic carbocycles. The number of quaternary nitrogens is 1. The van der Waals surface area contributed by atoms with Gasteiger partial charge in [0.25, 0.3) is 0 Å². The predicted octanol–water partition coefficient (Wildman–Crippen LogP) is 2.82. The van der Waals surface area contributed by atoms with Crippen LogP contribution in [0.5, 0.6) is 0 Å². The molecule has 4 rings (SSSR count). The fourth-order valence-corrected chi connectivity index (χ4v) is 4.61. The molecule has 1 aliphatic carbocycles. The summed E-state index contributed by atoms with van der Waals surface area (Å²) in [6, 6.07) is 22.2. The third-order valence-corrected chi connectivity index (χ3v) is 5.66. The third-order valence-electron chi connectivity index (χ3n) is 5.66. The lowest BCUT2D eigenvalue weighted by Crippen LogP contribution is -2.92. The van der Waals surface area contributed by atoms with Crippen LogP contribution in [0, 0.1) is 11.8 Å². The quantitative estimate of drug-likeness (QED) is 0.878. The molecule has 2 aliphatic rings. The first-order valence-electron chi connectivity index (χ1n) is 8.47. The summed E-state index contributed by atoms with van der Waals surface area (Å²) in [5, 5.41) is 13.5. The molecule has 1 saturated carbocycles. The Morgan fingerprint density at radius 2 is 1.18 bits per heavy atom. The first-order valence-corrected chi connectivity index (χ1v) is 8.47. The molecule has 22 heavy (non-hydrogen) atoms. The maximum atomic E-state index is 10.9. The SMILES string of the molecule is OC1[C@@H]2CCC[C@@H]1[C@H](c1ccccc1)[NH2+][C@@H]2c1ccccc1. The Hall–Kier alpha value is -1.64. The molecule has 2 fully saturated rings. The Morgan fingerprint density at radius 1 is 0.727 bits per heavy atom. The molecule has 2 nitrogen and oxygen atoms in total. The number of nitrogens with two attached hydrogens (primary N) is 1. The average Bonchev–Trinajstić information content (AvgIpc) is 2.57. The molecule has 1 saturated heterocycles. The van der Waals surface area contributed by atoms with Gasteiger partial charge in [0.05, 0.1) is 6.10 Å². The smallest absolute Gasteiger partial charge is 0.117 e. The van der Waals surface area contributed by atoms with E-state index in [4.69, 9.17) is 0 Å². The third kappa shape index (κ3) is 2.37. The molecule has 2 bridgehead atoms. The highest BCUT2D eigenvalue weighted by atomic mass is 16.3. The van der Waals surface area contributed by atoms with Crippen LogP contribution in [0.3, 0.4) is 0 Å². The van der Waals surface area contributed by atoms with Gasteiger partial charge in [-0.05, 0) is 12.8 Å². The summed E-state index contributed by atoms with van der Waals surface area (Å²) in [5.41, 5.74) is 2.71. The van der Waals surface area contributed by atoms with E-state index in [1.165, 1.54) is 17.5 Å². The molecule has 0 amide bonds. The zero-order valence-electron chi connectivity index (χ0n) is 12.8. The van der Waals surface area contributed by atoms with Crippen molar-refractivity contribution in [3.05, 3.63) is 71.8 Å². The van der Waals surface area contributed by atoms with Gasteiger partial charge in [-0.15, -0.1) is 0 Å². The van der Waals surface area contributed by atoms with Crippen molar-refractivity contribution in [2.24, 2.45) is 11.8 Å². The van der Waals surface area contributed by atoms with Crippen molar-refractivity contribution >= 4 is 0 Å². The minimum atomic E-state index is -0.172. The summed E-state index contributed by atoms with van der Waals surface area (Å²) in [4.78, 5) is 0. The number of hydrogen-bond donors (Lipinski definition) is 2. The maximum absolute atomic E-state index is 10.9. The van der Waals surface area contributed by atoms with Gasteiger partial charge in [-0.25, -0.2) is 0 Å². The summed E-state index contributed by atoms with van der Waals surface area (Å²) >= 11 is 0. The van der Waals surface area contributed by atoms with Crippen molar-refractivity contribution < 1.29 is 10.4 Å². The van der Waals surface area contributed by atoms with Gasteiger partial charge >= 0.3 is 0 Å². The zero-order valence-corrected chi connectivity index (χ0v) is 12.8. The lowest BCUT2D eigenvalue weighted by atomic mass is 9.66. The van der Waals surface area contributed by atoms with E-state index in [2.05, 4.69) is 66.0 Å². The van der Waals surface area contributed by atoms with Gasteiger partial charge in [-0.2, -0.15) is 0 Å². The first-order chi connectivity index (χ1) is 10.8. The number of aliphatic hydroxyl groups excluding tert-OH is 1. The van der Waals surface area contributed by atoms with Gasteiger partial charge in [0.1, 0.15) is 12.1 Å². The summed E-state index contributed by atoms with van der Waals surface area (Å²) in [7, 11) is 0. The molecule has 1 unspecified atom stereocenters. The van der Waals surface area contributed by atoms with Crippen LogP contribution in [0.4, 0.5) is 0 Å². The molecule has 0 radical (unpaired) electrons. The monoisotopic (exact) mass is 294 g/mol. The number of rotatable bonds is 2. The molecule has 2 heteroatoms. The molecule has 3 N–H and O–H groups in total. The lowest BCUT2D eigenvalue weighted by Gasteiger charge is -2.47. The molecule has 1 heterocycles. The second kappa shape index (κ2) is 5.86. The second-order valence-corrected chi connectivity index (χ2v) is 6.81. The predicted molar refractivity (Wildman–Crippen MR) is 87.1 cm³/mol. The van der Waals surface area contributed by atoms with Crippen molar-refractivity contribution in [3.63, 3.8) is 0 Å². The van der Waals surface area contributed by atoms with Crippen molar-refractivity contribution in [2.75, 3.05) is 0 Å². The van der Waals surface area contributed by atoms with E-state index in [1.807, 2.05) is 0 Å². The van der Waals surface area contributed by atoms with Gasteiger partial charge in [0.2, 0.25) is 0 Å². The van der Waals surface area contributed by atoms with Gasteiger partial charge in [-0.1, -0.05) is 67.1 Å². The zero-order chi connectivity index (χ0) is 14.9. The van der Waals surface area contributed by atoms with Crippen molar-refractivity contribution in [3.8, 4) is 0 Å². The van der Waals surface area contributed by atoms with Crippen LogP contribution >= 0.6 is 0 Å². The summed E-state index contributed by atoms with van der Waals surface area (Å²) in [5.74, 6) is 0.780. The Bertz CT molecular complexity index is 559. The standard InChI is InChI=1S/C20H23NO/c22-20-16-12-7-13-17(20)19(15-10-5-2-6-11-15)21-18(16)14-8-3-1-4-9-14/h1-6,8-11,16-22H,7,12-13H2/p+1/t16-,17-,18-,19+,20?/m1/s1. The molecular formula is C20H24NO+. The van der Waals surface area contributed by atoms with E-state index in [-0.39, 0.29) is 6.10 Å². The minimum Gasteiger partial charge on any atom is -0.392 e. The lowest BCUT2D eigenvalue weighted by molar-refractivity contribution is -0.763. The number of benzene rings is 2. The van der Waals surface area contributed by atoms with Crippen LogP contribution in [-0.4, -0.2) is 11.2 Å². The average molecular weight is 294 g/mol. The Balaban J connectivity index is 1.71. The summed E-state index contributed by atoms with van der Waals surface area (Å²) < 4.78 is 0. The molecular weight excluding hydrogens is 270 g/mol. The molecule has 2 aromatic rings. The summed E-state index contributed by atoms with van der Waals surface area (Å²) in [6.07, 6.45) is 3.37. The van der Waals surface area contributed by atoms with Crippen molar-refractivity contribution in [1.29, 1.82) is 0 Å². The molecule has 114 valence electrons. The number of hydrogen-bond acceptors (Lipinski definition) is 1. The first kappa shape index (κ1) is 14.0. The molecule has 0 spiro atoms. The van der Waals surface area contributed by atoms with Crippen LogP contribution in [0.2, 0.25) is 0 Å². The Kier molecular flexibility index (Phi) is 3.73. The fourth-order valence-electron chi connectivity index (χ4n) is 4.61. The second-order valence-electron chi connectivity index (χ2n) is 6.81. The van der Waals surface area contributed by atoms with Gasteiger partial charge in [-0.3, -0.25) is 0 Å². The normalized spacial score (nSPS) is 34.3. The highest BCUT2D eigenvalue weighted by Gasteiger charge is 2.49. The molecule has 0 aromatic heterocycles. The van der Waals surface area contributed by atoms with Crippen LogP contribution in [0.25, 0.3) is 0 Å². The maximum Gasteiger partial charge on any atom is 0.117 e. The van der Waals surface area contributed by atoms with E-state index in [0.717, 1.165) is 12.8 Å². The summed E-state index contributed by atoms with van der Waals surface area (Å²) in [6.45, 7) is 0. The van der Waals surface area contributed by atoms with Crippen LogP contribution in [-0.2, 0) is 0 Å². The Morgan fingerprint density at radius 3 is 1.64 bits per heavy atom. The number of fused-ring (bicyclic) bond motifs is 2. The van der Waals surface area contributed by atoms with Crippen LogP contribution < -0.4 is 5.32 Å². The van der Waals surface area contributed by atoms with E-state index in [0.29, 0.717) is 23.9 Å². The van der Waals surface area contributed by atoms with Gasteiger partial charge < -0.3 is 10.4 Å². The number of piperidine rings is 1. The van der Waals surface area contributed by atoms with E-state index in [1.54, 1.807) is 0 Å². The van der Waals surface area contributed by atoms with E-state index < -0.39 is 0 Å². The molecule has 5 atom stereocenters. The van der Waals surface area contributed by atoms with Gasteiger partial charge in [0.15, 0.2) is 0 Å². The van der Waals surface area contributed by atoms with E-state index in [9.17, 15) is 5.11 Å². The van der Waals surface area contributed by atoms with Crippen LogP contribution in [0.1, 0.15) is 42.5 Å². The number of aliphatic hydroxyl groups is 1. The van der Waals surface area contributed by atoms with Crippen LogP contribution in [0.15, 0.2) is 60.7 Å². The highest BCUT2D eigenvalue weighted by Crippen LogP contribution is 2.43. The van der Waals surface area contributed by atoms with Crippen molar-refractivity contribution in [2.45, 2.75) is 37.5 Å².